The van der Waals surface area contributed by atoms with E-state index < -0.39 is 0 Å². The Kier molecular flexibility index (Phi) is 3.66. The Morgan fingerprint density at radius 2 is 2.36 bits per heavy atom. The first kappa shape index (κ1) is 11.2. The predicted octanol–water partition coefficient (Wildman–Crippen LogP) is 0.716. The molecule has 1 heterocycles. The maximum atomic E-state index is 6.08. The van der Waals surface area contributed by atoms with Gasteiger partial charge in [-0.1, -0.05) is 0 Å². The number of aryl methyl sites for hydroxylation is 1. The van der Waals surface area contributed by atoms with E-state index in [9.17, 15) is 0 Å². The lowest BCUT2D eigenvalue weighted by Gasteiger charge is -2.23. The van der Waals surface area contributed by atoms with E-state index in [1.54, 1.807) is 4.68 Å². The first-order chi connectivity index (χ1) is 6.53. The lowest BCUT2D eigenvalue weighted by molar-refractivity contribution is 0.101. The van der Waals surface area contributed by atoms with Crippen molar-refractivity contribution >= 4 is 0 Å². The van der Waals surface area contributed by atoms with Crippen LogP contribution in [0.3, 0.4) is 0 Å². The van der Waals surface area contributed by atoms with Gasteiger partial charge in [0.15, 0.2) is 0 Å². The largest absolute Gasteiger partial charge is 0.380 e. The third kappa shape index (κ3) is 3.47. The van der Waals surface area contributed by atoms with Crippen LogP contribution in [0.1, 0.15) is 19.4 Å². The van der Waals surface area contributed by atoms with Crippen LogP contribution in [-0.4, -0.2) is 28.5 Å². The monoisotopic (exact) mass is 197 g/mol. The number of rotatable bonds is 5. The van der Waals surface area contributed by atoms with E-state index in [4.69, 9.17) is 10.5 Å². The zero-order valence-corrected chi connectivity index (χ0v) is 9.16. The molecule has 1 atom stereocenters. The standard InChI is InChI=1S/C10H19N3O/c1-4-14-8-10(2,11)5-9-6-12-13(3)7-9/h6-7H,4-5,8,11H2,1-3H3. The molecule has 0 aromatic carbocycles. The topological polar surface area (TPSA) is 53.1 Å². The molecule has 0 saturated heterocycles. The van der Waals surface area contributed by atoms with Crippen molar-refractivity contribution in [1.82, 2.24) is 9.78 Å². The molecule has 0 aliphatic rings. The predicted molar refractivity (Wildman–Crippen MR) is 56.0 cm³/mol. The van der Waals surface area contributed by atoms with Gasteiger partial charge in [-0.3, -0.25) is 4.68 Å². The van der Waals surface area contributed by atoms with Gasteiger partial charge in [-0.15, -0.1) is 0 Å². The fourth-order valence-electron chi connectivity index (χ4n) is 1.42. The van der Waals surface area contributed by atoms with Crippen molar-refractivity contribution in [2.24, 2.45) is 12.8 Å². The lowest BCUT2D eigenvalue weighted by atomic mass is 9.97. The zero-order chi connectivity index (χ0) is 10.6. The van der Waals surface area contributed by atoms with E-state index in [1.165, 1.54) is 0 Å². The fraction of sp³-hybridized carbons (Fsp3) is 0.700. The smallest absolute Gasteiger partial charge is 0.0646 e. The van der Waals surface area contributed by atoms with Gasteiger partial charge >= 0.3 is 0 Å². The van der Waals surface area contributed by atoms with Gasteiger partial charge in [-0.05, 0) is 25.8 Å². The second-order valence-electron chi connectivity index (χ2n) is 3.99. The third-order valence-electron chi connectivity index (χ3n) is 2.00. The summed E-state index contributed by atoms with van der Waals surface area (Å²) < 4.78 is 7.11. The summed E-state index contributed by atoms with van der Waals surface area (Å²) in [5.41, 5.74) is 6.93. The van der Waals surface area contributed by atoms with E-state index >= 15 is 0 Å². The van der Waals surface area contributed by atoms with Gasteiger partial charge in [0.05, 0.1) is 12.8 Å². The van der Waals surface area contributed by atoms with Crippen molar-refractivity contribution in [3.63, 3.8) is 0 Å². The van der Waals surface area contributed by atoms with E-state index in [0.29, 0.717) is 13.2 Å². The number of ether oxygens (including phenoxy) is 1. The Bertz CT molecular complexity index is 281. The highest BCUT2D eigenvalue weighted by molar-refractivity contribution is 5.08. The van der Waals surface area contributed by atoms with Crippen LogP contribution < -0.4 is 5.73 Å². The Balaban J connectivity index is 2.49. The number of aromatic nitrogens is 2. The molecular weight excluding hydrogens is 178 g/mol. The second-order valence-corrected chi connectivity index (χ2v) is 3.99. The molecule has 0 radical (unpaired) electrons. The first-order valence-electron chi connectivity index (χ1n) is 4.87. The van der Waals surface area contributed by atoms with E-state index in [1.807, 2.05) is 33.3 Å². The second kappa shape index (κ2) is 4.57. The highest BCUT2D eigenvalue weighted by Gasteiger charge is 2.19. The number of nitrogens with zero attached hydrogens (tertiary/aromatic N) is 2. The molecule has 0 aliphatic carbocycles. The normalized spacial score (nSPS) is 15.4. The summed E-state index contributed by atoms with van der Waals surface area (Å²) in [5.74, 6) is 0. The van der Waals surface area contributed by atoms with E-state index in [-0.39, 0.29) is 5.54 Å². The minimum atomic E-state index is -0.307. The first-order valence-corrected chi connectivity index (χ1v) is 4.87. The molecule has 14 heavy (non-hydrogen) atoms. The summed E-state index contributed by atoms with van der Waals surface area (Å²) in [6, 6.07) is 0. The molecule has 4 heteroatoms. The molecule has 80 valence electrons. The summed E-state index contributed by atoms with van der Waals surface area (Å²) in [6.45, 7) is 5.26. The maximum absolute atomic E-state index is 6.08. The van der Waals surface area contributed by atoms with Crippen LogP contribution in [0.5, 0.6) is 0 Å². The Hall–Kier alpha value is -0.870. The molecule has 4 nitrogen and oxygen atoms in total. The average molecular weight is 197 g/mol. The molecule has 1 unspecified atom stereocenters. The van der Waals surface area contributed by atoms with Crippen molar-refractivity contribution in [2.45, 2.75) is 25.8 Å². The van der Waals surface area contributed by atoms with Crippen LogP contribution in [0.25, 0.3) is 0 Å². The Morgan fingerprint density at radius 1 is 1.64 bits per heavy atom. The van der Waals surface area contributed by atoms with Gasteiger partial charge in [0.25, 0.3) is 0 Å². The Morgan fingerprint density at radius 3 is 2.86 bits per heavy atom. The fourth-order valence-corrected chi connectivity index (χ4v) is 1.42. The molecule has 0 aliphatic heterocycles. The van der Waals surface area contributed by atoms with Crippen molar-refractivity contribution in [2.75, 3.05) is 13.2 Å². The van der Waals surface area contributed by atoms with Crippen molar-refractivity contribution < 1.29 is 4.74 Å². The highest BCUT2D eigenvalue weighted by atomic mass is 16.5. The van der Waals surface area contributed by atoms with Crippen LogP contribution >= 0.6 is 0 Å². The average Bonchev–Trinajstić information content (AvgIpc) is 2.47. The van der Waals surface area contributed by atoms with Crippen LogP contribution in [-0.2, 0) is 18.2 Å². The summed E-state index contributed by atoms with van der Waals surface area (Å²) >= 11 is 0. The molecular formula is C10H19N3O. The molecule has 1 aromatic heterocycles. The van der Waals surface area contributed by atoms with Crippen molar-refractivity contribution in [3.8, 4) is 0 Å². The molecule has 0 bridgehead atoms. The van der Waals surface area contributed by atoms with Gasteiger partial charge in [-0.25, -0.2) is 0 Å². The van der Waals surface area contributed by atoms with E-state index in [2.05, 4.69) is 5.10 Å². The highest BCUT2D eigenvalue weighted by Crippen LogP contribution is 2.10. The van der Waals surface area contributed by atoms with Crippen molar-refractivity contribution in [3.05, 3.63) is 18.0 Å². The minimum absolute atomic E-state index is 0.307. The van der Waals surface area contributed by atoms with Gasteiger partial charge in [-0.2, -0.15) is 5.10 Å². The summed E-state index contributed by atoms with van der Waals surface area (Å²) in [6.07, 6.45) is 4.62. The summed E-state index contributed by atoms with van der Waals surface area (Å²) in [4.78, 5) is 0. The number of hydrogen-bond donors (Lipinski definition) is 1. The van der Waals surface area contributed by atoms with Gasteiger partial charge in [0.1, 0.15) is 0 Å². The number of hydrogen-bond acceptors (Lipinski definition) is 3. The lowest BCUT2D eigenvalue weighted by Crippen LogP contribution is -2.43. The minimum Gasteiger partial charge on any atom is -0.380 e. The van der Waals surface area contributed by atoms with Crippen LogP contribution in [0.4, 0.5) is 0 Å². The van der Waals surface area contributed by atoms with Crippen LogP contribution in [0.2, 0.25) is 0 Å². The van der Waals surface area contributed by atoms with Gasteiger partial charge in [0.2, 0.25) is 0 Å². The van der Waals surface area contributed by atoms with E-state index in [0.717, 1.165) is 12.0 Å². The quantitative estimate of drug-likeness (QED) is 0.756. The number of nitrogens with two attached hydrogens (primary N) is 1. The molecule has 2 N–H and O–H groups in total. The van der Waals surface area contributed by atoms with Crippen molar-refractivity contribution in [1.29, 1.82) is 0 Å². The SMILES string of the molecule is CCOCC(C)(N)Cc1cnn(C)c1. The van der Waals surface area contributed by atoms with Gasteiger partial charge < -0.3 is 10.5 Å². The van der Waals surface area contributed by atoms with Crippen LogP contribution in [0.15, 0.2) is 12.4 Å². The molecule has 0 fully saturated rings. The molecule has 0 saturated carbocycles. The molecule has 1 rings (SSSR count). The summed E-state index contributed by atoms with van der Waals surface area (Å²) in [7, 11) is 1.90. The maximum Gasteiger partial charge on any atom is 0.0646 e. The van der Waals surface area contributed by atoms with Crippen LogP contribution in [0, 0.1) is 0 Å². The molecule has 0 amide bonds. The summed E-state index contributed by atoms with van der Waals surface area (Å²) in [5, 5.41) is 4.10. The molecule has 1 aromatic rings. The Labute approximate surface area is 85.0 Å². The molecule has 0 spiro atoms. The third-order valence-corrected chi connectivity index (χ3v) is 2.00. The van der Waals surface area contributed by atoms with Gasteiger partial charge in [0, 0.05) is 25.4 Å². The zero-order valence-electron chi connectivity index (χ0n) is 9.16.